The predicted octanol–water partition coefficient (Wildman–Crippen LogP) is 3.27. The number of anilines is 1. The quantitative estimate of drug-likeness (QED) is 0.798. The molecule has 128 valence electrons. The lowest BCUT2D eigenvalue weighted by Crippen LogP contribution is -2.26. The lowest BCUT2D eigenvalue weighted by atomic mass is 10.1. The zero-order valence-electron chi connectivity index (χ0n) is 14.3. The molecular weight excluding hydrogens is 314 g/mol. The molecule has 0 saturated heterocycles. The Morgan fingerprint density at radius 3 is 2.96 bits per heavy atom. The molecule has 0 aliphatic carbocycles. The van der Waals surface area contributed by atoms with Crippen molar-refractivity contribution in [3.63, 3.8) is 0 Å². The van der Waals surface area contributed by atoms with Crippen molar-refractivity contribution in [2.24, 2.45) is 0 Å². The van der Waals surface area contributed by atoms with Crippen molar-refractivity contribution in [1.29, 1.82) is 0 Å². The summed E-state index contributed by atoms with van der Waals surface area (Å²) in [4.78, 5) is 22.4. The Hall–Kier alpha value is -2.82. The van der Waals surface area contributed by atoms with E-state index in [0.717, 1.165) is 19.4 Å². The van der Waals surface area contributed by atoms with Gasteiger partial charge in [-0.15, -0.1) is 0 Å². The van der Waals surface area contributed by atoms with Crippen LogP contribution in [0.25, 0.3) is 10.9 Å². The van der Waals surface area contributed by atoms with Gasteiger partial charge in [0.25, 0.3) is 5.56 Å². The van der Waals surface area contributed by atoms with E-state index in [4.69, 9.17) is 4.74 Å². The minimum absolute atomic E-state index is 0.123. The summed E-state index contributed by atoms with van der Waals surface area (Å²) in [5, 5.41) is 0.555. The number of aryl methyl sites for hydroxylation is 1. The first-order valence-corrected chi connectivity index (χ1v) is 8.64. The van der Waals surface area contributed by atoms with Crippen molar-refractivity contribution >= 4 is 16.6 Å². The maximum atomic E-state index is 12.5. The van der Waals surface area contributed by atoms with Crippen LogP contribution in [0.1, 0.15) is 24.2 Å². The molecule has 1 aromatic heterocycles. The summed E-state index contributed by atoms with van der Waals surface area (Å²) in [5.41, 5.74) is 3.19. The van der Waals surface area contributed by atoms with Gasteiger partial charge in [0.15, 0.2) is 0 Å². The van der Waals surface area contributed by atoms with Gasteiger partial charge in [0.05, 0.1) is 24.6 Å². The highest BCUT2D eigenvalue weighted by molar-refractivity contribution is 5.79. The third-order valence-electron chi connectivity index (χ3n) is 4.76. The number of ether oxygens (including phenoxy) is 1. The van der Waals surface area contributed by atoms with E-state index in [-0.39, 0.29) is 5.56 Å². The molecule has 0 spiro atoms. The predicted molar refractivity (Wildman–Crippen MR) is 99.3 cm³/mol. The Morgan fingerprint density at radius 2 is 2.08 bits per heavy atom. The number of hydrogen-bond donors (Lipinski definition) is 1. The lowest BCUT2D eigenvalue weighted by Gasteiger charge is -2.24. The van der Waals surface area contributed by atoms with Gasteiger partial charge < -0.3 is 14.6 Å². The third-order valence-corrected chi connectivity index (χ3v) is 4.76. The van der Waals surface area contributed by atoms with Crippen LogP contribution in [0.4, 0.5) is 5.69 Å². The second-order valence-electron chi connectivity index (χ2n) is 6.40. The Bertz CT molecular complexity index is 965. The smallest absolute Gasteiger partial charge is 0.258 e. The highest BCUT2D eigenvalue weighted by Gasteiger charge is 2.16. The van der Waals surface area contributed by atoms with Gasteiger partial charge >= 0.3 is 0 Å². The van der Waals surface area contributed by atoms with Crippen LogP contribution in [0, 0.1) is 0 Å². The molecule has 2 heterocycles. The first-order chi connectivity index (χ1) is 12.2. The van der Waals surface area contributed by atoms with E-state index in [0.29, 0.717) is 29.0 Å². The number of hydrogen-bond acceptors (Lipinski definition) is 4. The number of rotatable bonds is 3. The number of para-hydroxylation sites is 1. The van der Waals surface area contributed by atoms with Gasteiger partial charge in [-0.05, 0) is 49.1 Å². The van der Waals surface area contributed by atoms with Gasteiger partial charge in [-0.2, -0.15) is 0 Å². The molecule has 2 aromatic carbocycles. The van der Waals surface area contributed by atoms with Gasteiger partial charge in [-0.1, -0.05) is 18.2 Å². The van der Waals surface area contributed by atoms with Crippen molar-refractivity contribution in [3.05, 3.63) is 64.2 Å². The number of nitrogens with zero attached hydrogens (tertiary/aromatic N) is 2. The Balaban J connectivity index is 1.70. The lowest BCUT2D eigenvalue weighted by molar-refractivity contribution is 0.415. The molecule has 1 N–H and O–H groups in total. The van der Waals surface area contributed by atoms with Crippen LogP contribution < -0.4 is 15.2 Å². The number of aromatic amines is 1. The standard InChI is InChI=1S/C20H21N3O2/c1-25-15-9-10-17-16(12-15)20(24)22-19(21-17)13-23-11-5-4-7-14-6-2-3-8-18(14)23/h2-3,6,8-10,12H,4-5,7,11,13H2,1H3,(H,21,22,24). The van der Waals surface area contributed by atoms with Crippen LogP contribution in [0.3, 0.4) is 0 Å². The molecule has 0 fully saturated rings. The summed E-state index contributed by atoms with van der Waals surface area (Å²) >= 11 is 0. The highest BCUT2D eigenvalue weighted by Crippen LogP contribution is 2.27. The fourth-order valence-electron chi connectivity index (χ4n) is 3.48. The number of H-pyrrole nitrogens is 1. The number of nitrogens with one attached hydrogen (secondary N) is 1. The van der Waals surface area contributed by atoms with Crippen LogP contribution in [0.5, 0.6) is 5.75 Å². The monoisotopic (exact) mass is 335 g/mol. The molecule has 1 aliphatic rings. The van der Waals surface area contributed by atoms with E-state index in [9.17, 15) is 4.79 Å². The fourth-order valence-corrected chi connectivity index (χ4v) is 3.48. The maximum absolute atomic E-state index is 12.5. The summed E-state index contributed by atoms with van der Waals surface area (Å²) in [7, 11) is 1.59. The van der Waals surface area contributed by atoms with Crippen molar-refractivity contribution in [2.45, 2.75) is 25.8 Å². The Morgan fingerprint density at radius 1 is 1.20 bits per heavy atom. The van der Waals surface area contributed by atoms with Gasteiger partial charge in [0.1, 0.15) is 11.6 Å². The Labute approximate surface area is 146 Å². The summed E-state index contributed by atoms with van der Waals surface area (Å²) in [5.74, 6) is 1.35. The maximum Gasteiger partial charge on any atom is 0.258 e. The van der Waals surface area contributed by atoms with Crippen LogP contribution in [-0.2, 0) is 13.0 Å². The van der Waals surface area contributed by atoms with Gasteiger partial charge in [-0.3, -0.25) is 4.79 Å². The van der Waals surface area contributed by atoms with Crippen molar-refractivity contribution in [1.82, 2.24) is 9.97 Å². The molecule has 0 unspecified atom stereocenters. The van der Waals surface area contributed by atoms with Gasteiger partial charge in [0, 0.05) is 12.2 Å². The first-order valence-electron chi connectivity index (χ1n) is 8.64. The van der Waals surface area contributed by atoms with Crippen LogP contribution >= 0.6 is 0 Å². The average molecular weight is 335 g/mol. The minimum atomic E-state index is -0.123. The number of aromatic nitrogens is 2. The molecule has 0 saturated carbocycles. The minimum Gasteiger partial charge on any atom is -0.497 e. The molecule has 25 heavy (non-hydrogen) atoms. The molecule has 3 aromatic rings. The summed E-state index contributed by atoms with van der Waals surface area (Å²) < 4.78 is 5.19. The average Bonchev–Trinajstić information content (AvgIpc) is 2.84. The van der Waals surface area contributed by atoms with E-state index in [1.807, 2.05) is 12.1 Å². The van der Waals surface area contributed by atoms with E-state index < -0.39 is 0 Å². The van der Waals surface area contributed by atoms with E-state index in [1.165, 1.54) is 17.7 Å². The van der Waals surface area contributed by atoms with Crippen molar-refractivity contribution in [3.8, 4) is 5.75 Å². The topological polar surface area (TPSA) is 58.2 Å². The van der Waals surface area contributed by atoms with E-state index in [2.05, 4.69) is 39.1 Å². The molecule has 0 radical (unpaired) electrons. The second kappa shape index (κ2) is 6.59. The van der Waals surface area contributed by atoms with Crippen LogP contribution in [-0.4, -0.2) is 23.6 Å². The van der Waals surface area contributed by atoms with Crippen molar-refractivity contribution < 1.29 is 4.74 Å². The third kappa shape index (κ3) is 3.09. The SMILES string of the molecule is COc1ccc2nc(CN3CCCCc4ccccc43)[nH]c(=O)c2c1. The molecule has 0 bridgehead atoms. The van der Waals surface area contributed by atoms with E-state index in [1.54, 1.807) is 13.2 Å². The fraction of sp³-hybridized carbons (Fsp3) is 0.300. The van der Waals surface area contributed by atoms with Gasteiger partial charge in [0.2, 0.25) is 0 Å². The Kier molecular flexibility index (Phi) is 4.14. The number of methoxy groups -OCH3 is 1. The number of benzene rings is 2. The van der Waals surface area contributed by atoms with E-state index >= 15 is 0 Å². The molecular formula is C20H21N3O2. The van der Waals surface area contributed by atoms with Crippen LogP contribution in [0.2, 0.25) is 0 Å². The summed E-state index contributed by atoms with van der Waals surface area (Å²) in [6.07, 6.45) is 3.44. The summed E-state index contributed by atoms with van der Waals surface area (Å²) in [6, 6.07) is 13.9. The molecule has 5 heteroatoms. The number of fused-ring (bicyclic) bond motifs is 2. The van der Waals surface area contributed by atoms with Gasteiger partial charge in [-0.25, -0.2) is 4.98 Å². The zero-order valence-corrected chi connectivity index (χ0v) is 14.3. The molecule has 0 amide bonds. The molecule has 1 aliphatic heterocycles. The summed E-state index contributed by atoms with van der Waals surface area (Å²) in [6.45, 7) is 1.58. The normalized spacial score (nSPS) is 14.2. The first kappa shape index (κ1) is 15.7. The second-order valence-corrected chi connectivity index (χ2v) is 6.40. The molecule has 0 atom stereocenters. The zero-order chi connectivity index (χ0) is 17.2. The largest absolute Gasteiger partial charge is 0.497 e. The highest BCUT2D eigenvalue weighted by atomic mass is 16.5. The van der Waals surface area contributed by atoms with Crippen LogP contribution in [0.15, 0.2) is 47.3 Å². The molecule has 5 nitrogen and oxygen atoms in total. The molecule has 4 rings (SSSR count). The van der Waals surface area contributed by atoms with Crippen molar-refractivity contribution in [2.75, 3.05) is 18.6 Å².